The Morgan fingerprint density at radius 3 is 2.40 bits per heavy atom. The van der Waals surface area contributed by atoms with Gasteiger partial charge in [0.1, 0.15) is 11.5 Å². The molecule has 0 bridgehead atoms. The van der Waals surface area contributed by atoms with Crippen LogP contribution in [-0.2, 0) is 16.0 Å². The fraction of sp³-hybridized carbons (Fsp3) is 0.714. The maximum atomic E-state index is 12.6. The Kier molecular flexibility index (Phi) is 13.4. The largest absolute Gasteiger partial charge is 0.427 e. The lowest BCUT2D eigenvalue weighted by Crippen LogP contribution is -2.42. The number of benzene rings is 1. The summed E-state index contributed by atoms with van der Waals surface area (Å²) in [4.78, 5) is 25.1. The quantitative estimate of drug-likeness (QED) is 0.0541. The van der Waals surface area contributed by atoms with Crippen LogP contribution in [0.25, 0.3) is 0 Å². The number of fused-ring (bicyclic) bond motifs is 5. The van der Waals surface area contributed by atoms with Crippen molar-refractivity contribution < 1.29 is 14.3 Å². The summed E-state index contributed by atoms with van der Waals surface area (Å²) in [5.74, 6) is 4.17. The van der Waals surface area contributed by atoms with Gasteiger partial charge in [-0.3, -0.25) is 9.59 Å². The number of allylic oxidation sites excluding steroid dienone is 2. The molecule has 4 rings (SSSR count). The molecule has 40 heavy (non-hydrogen) atoms. The highest BCUT2D eigenvalue weighted by atomic mass is 127. The molecule has 4 atom stereocenters. The Bertz CT molecular complexity index is 991. The SMILES string of the molecule is CC12CCC3c4ccc(OC(=O)CCCCCCC/C=C\CCCCCCCSI)cc4CCC3C1CCC2=O. The van der Waals surface area contributed by atoms with Crippen LogP contribution in [0, 0.1) is 17.3 Å². The molecule has 0 heterocycles. The van der Waals surface area contributed by atoms with Crippen molar-refractivity contribution in [2.24, 2.45) is 17.3 Å². The summed E-state index contributed by atoms with van der Waals surface area (Å²) in [5.41, 5.74) is 2.73. The minimum absolute atomic E-state index is 0.0722. The smallest absolute Gasteiger partial charge is 0.311 e. The lowest BCUT2D eigenvalue weighted by Gasteiger charge is -2.48. The van der Waals surface area contributed by atoms with Gasteiger partial charge in [0.15, 0.2) is 0 Å². The third-order valence-electron chi connectivity index (χ3n) is 10.1. The van der Waals surface area contributed by atoms with E-state index in [1.807, 2.05) is 15.0 Å². The van der Waals surface area contributed by atoms with Crippen molar-refractivity contribution in [1.82, 2.24) is 0 Å². The molecule has 2 fully saturated rings. The molecule has 0 amide bonds. The average Bonchev–Trinajstić information content (AvgIpc) is 3.26. The third-order valence-corrected chi connectivity index (χ3v) is 11.9. The van der Waals surface area contributed by atoms with Crippen LogP contribution in [0.1, 0.15) is 140 Å². The predicted molar refractivity (Wildman–Crippen MR) is 177 cm³/mol. The second kappa shape index (κ2) is 16.7. The normalized spacial score (nSPS) is 25.6. The Morgan fingerprint density at radius 2 is 1.65 bits per heavy atom. The zero-order valence-corrected chi connectivity index (χ0v) is 27.7. The van der Waals surface area contributed by atoms with Crippen LogP contribution in [0.15, 0.2) is 30.4 Å². The van der Waals surface area contributed by atoms with Crippen LogP contribution in [-0.4, -0.2) is 17.5 Å². The summed E-state index contributed by atoms with van der Waals surface area (Å²) in [7, 11) is 1.93. The number of ether oxygens (including phenoxy) is 1. The molecule has 1 aromatic rings. The summed E-state index contributed by atoms with van der Waals surface area (Å²) in [6, 6.07) is 6.35. The molecule has 3 aliphatic rings. The molecular weight excluding hydrogens is 627 g/mol. The van der Waals surface area contributed by atoms with E-state index in [4.69, 9.17) is 4.74 Å². The topological polar surface area (TPSA) is 43.4 Å². The summed E-state index contributed by atoms with van der Waals surface area (Å²) in [6.07, 6.45) is 26.4. The molecule has 0 radical (unpaired) electrons. The first-order valence-electron chi connectivity index (χ1n) is 16.3. The number of hydrogen-bond acceptors (Lipinski definition) is 4. The summed E-state index contributed by atoms with van der Waals surface area (Å²) < 4.78 is 5.75. The lowest BCUT2D eigenvalue weighted by atomic mass is 9.55. The van der Waals surface area contributed by atoms with E-state index in [-0.39, 0.29) is 11.4 Å². The van der Waals surface area contributed by atoms with E-state index < -0.39 is 0 Å². The van der Waals surface area contributed by atoms with Crippen LogP contribution in [0.3, 0.4) is 0 Å². The van der Waals surface area contributed by atoms with Crippen LogP contribution >= 0.6 is 30.1 Å². The Labute approximate surface area is 260 Å². The molecule has 0 aromatic heterocycles. The van der Waals surface area contributed by atoms with Crippen molar-refractivity contribution >= 4 is 41.9 Å². The standard InChI is InChI=1S/C35H51IO3S/c1-35-24-23-30-29-20-18-28(26-27(29)17-19-31(30)32(35)21-22-33(35)37)39-34(38)16-14-12-10-8-6-4-2-3-5-7-9-11-13-15-25-40-36/h2-3,18,20,26,30-32H,4-17,19,21-25H2,1H3/b3-2-. The van der Waals surface area contributed by atoms with E-state index in [1.54, 1.807) is 0 Å². The molecule has 5 heteroatoms. The predicted octanol–water partition coefficient (Wildman–Crippen LogP) is 10.7. The van der Waals surface area contributed by atoms with Gasteiger partial charge in [0.25, 0.3) is 0 Å². The minimum atomic E-state index is -0.0987. The van der Waals surface area contributed by atoms with E-state index in [0.29, 0.717) is 35.7 Å². The average molecular weight is 679 g/mol. The summed E-state index contributed by atoms with van der Waals surface area (Å²) >= 11 is 2.39. The van der Waals surface area contributed by atoms with Gasteiger partial charge in [0.2, 0.25) is 0 Å². The zero-order chi connectivity index (χ0) is 28.2. The molecule has 0 saturated heterocycles. The number of Topliss-reactive ketones (excluding diaryl/α,β-unsaturated/α-hetero) is 1. The highest BCUT2D eigenvalue weighted by molar-refractivity contribution is 14.2. The Balaban J connectivity index is 1.06. The summed E-state index contributed by atoms with van der Waals surface area (Å²) in [6.45, 7) is 2.23. The number of carbonyl (C=O) groups excluding carboxylic acids is 2. The molecule has 3 aliphatic carbocycles. The first-order valence-corrected chi connectivity index (χ1v) is 19.8. The van der Waals surface area contributed by atoms with E-state index in [1.165, 1.54) is 81.1 Å². The van der Waals surface area contributed by atoms with Gasteiger partial charge in [-0.1, -0.05) is 72.6 Å². The van der Waals surface area contributed by atoms with Gasteiger partial charge in [-0.25, -0.2) is 0 Å². The molecular formula is C35H51IO3S. The highest BCUT2D eigenvalue weighted by Gasteiger charge is 2.54. The van der Waals surface area contributed by atoms with E-state index in [0.717, 1.165) is 51.4 Å². The van der Waals surface area contributed by atoms with E-state index in [9.17, 15) is 9.59 Å². The van der Waals surface area contributed by atoms with Crippen LogP contribution in [0.2, 0.25) is 0 Å². The van der Waals surface area contributed by atoms with Gasteiger partial charge in [-0.15, -0.1) is 0 Å². The first kappa shape index (κ1) is 32.1. The number of ketones is 1. The number of aryl methyl sites for hydroxylation is 1. The van der Waals surface area contributed by atoms with Crippen molar-refractivity contribution in [2.45, 2.75) is 135 Å². The van der Waals surface area contributed by atoms with Crippen molar-refractivity contribution in [1.29, 1.82) is 0 Å². The summed E-state index contributed by atoms with van der Waals surface area (Å²) in [5, 5.41) is 0. The lowest BCUT2D eigenvalue weighted by molar-refractivity contribution is -0.134. The van der Waals surface area contributed by atoms with Gasteiger partial charge < -0.3 is 4.74 Å². The van der Waals surface area contributed by atoms with E-state index >= 15 is 0 Å². The molecule has 0 spiro atoms. The van der Waals surface area contributed by atoms with Gasteiger partial charge >= 0.3 is 5.97 Å². The monoisotopic (exact) mass is 678 g/mol. The maximum Gasteiger partial charge on any atom is 0.311 e. The highest BCUT2D eigenvalue weighted by Crippen LogP contribution is 2.59. The van der Waals surface area contributed by atoms with Crippen molar-refractivity contribution in [2.75, 3.05) is 5.75 Å². The number of esters is 1. The third kappa shape index (κ3) is 8.84. The van der Waals surface area contributed by atoms with Gasteiger partial charge in [-0.2, -0.15) is 0 Å². The van der Waals surface area contributed by atoms with Gasteiger partial charge in [0, 0.05) is 24.0 Å². The molecule has 0 N–H and O–H groups in total. The number of hydrogen-bond donors (Lipinski definition) is 0. The van der Waals surface area contributed by atoms with Crippen LogP contribution < -0.4 is 4.74 Å². The number of halogens is 1. The first-order chi connectivity index (χ1) is 19.5. The number of unbranched alkanes of at least 4 members (excludes halogenated alkanes) is 10. The van der Waals surface area contributed by atoms with Crippen LogP contribution in [0.4, 0.5) is 0 Å². The number of rotatable bonds is 17. The maximum absolute atomic E-state index is 12.6. The Hall–Kier alpha value is -0.820. The molecule has 0 aliphatic heterocycles. The van der Waals surface area contributed by atoms with Gasteiger partial charge in [0.05, 0.1) is 0 Å². The van der Waals surface area contributed by atoms with E-state index in [2.05, 4.69) is 52.4 Å². The molecule has 2 saturated carbocycles. The van der Waals surface area contributed by atoms with Crippen LogP contribution in [0.5, 0.6) is 5.75 Å². The van der Waals surface area contributed by atoms with Crippen molar-refractivity contribution in [3.05, 3.63) is 41.5 Å². The molecule has 222 valence electrons. The minimum Gasteiger partial charge on any atom is -0.427 e. The van der Waals surface area contributed by atoms with Gasteiger partial charge in [-0.05, 0) is 133 Å². The second-order valence-corrected chi connectivity index (χ2v) is 15.3. The fourth-order valence-electron chi connectivity index (χ4n) is 7.82. The van der Waals surface area contributed by atoms with Crippen molar-refractivity contribution in [3.8, 4) is 5.75 Å². The molecule has 4 unspecified atom stereocenters. The van der Waals surface area contributed by atoms with Crippen molar-refractivity contribution in [3.63, 3.8) is 0 Å². The fourth-order valence-corrected chi connectivity index (χ4v) is 9.07. The molecule has 1 aromatic carbocycles. The zero-order valence-electron chi connectivity index (χ0n) is 24.8. The second-order valence-electron chi connectivity index (χ2n) is 12.8. The Morgan fingerprint density at radius 1 is 0.950 bits per heavy atom. The number of carbonyl (C=O) groups is 2. The molecule has 3 nitrogen and oxygen atoms in total.